The standard InChI is InChI=1S/C16H13F5O/c1-3-8-5-4-6-9(7-8)16(2,22)10-11(17)13(19)15(21)14(20)12(10)18/h4-7,22H,3H2,1-2H3. The monoisotopic (exact) mass is 316 g/mol. The lowest BCUT2D eigenvalue weighted by atomic mass is 9.86. The quantitative estimate of drug-likeness (QED) is 0.511. The first kappa shape index (κ1) is 16.4. The lowest BCUT2D eigenvalue weighted by Crippen LogP contribution is -2.28. The molecule has 1 unspecified atom stereocenters. The van der Waals surface area contributed by atoms with E-state index < -0.39 is 40.3 Å². The van der Waals surface area contributed by atoms with Crippen molar-refractivity contribution < 1.29 is 27.1 Å². The van der Waals surface area contributed by atoms with Crippen LogP contribution in [0.4, 0.5) is 22.0 Å². The molecular weight excluding hydrogens is 303 g/mol. The van der Waals surface area contributed by atoms with Gasteiger partial charge in [-0.1, -0.05) is 31.2 Å². The highest BCUT2D eigenvalue weighted by Crippen LogP contribution is 2.36. The van der Waals surface area contributed by atoms with Crippen molar-refractivity contribution in [3.63, 3.8) is 0 Å². The van der Waals surface area contributed by atoms with Crippen LogP contribution in [0.25, 0.3) is 0 Å². The largest absolute Gasteiger partial charge is 0.380 e. The van der Waals surface area contributed by atoms with Gasteiger partial charge in [0.15, 0.2) is 23.3 Å². The molecule has 2 aromatic rings. The van der Waals surface area contributed by atoms with Gasteiger partial charge in [0.1, 0.15) is 5.60 Å². The fourth-order valence-electron chi connectivity index (χ4n) is 2.27. The first-order valence-corrected chi connectivity index (χ1v) is 6.55. The molecule has 0 aliphatic carbocycles. The van der Waals surface area contributed by atoms with Crippen molar-refractivity contribution in [2.24, 2.45) is 0 Å². The summed E-state index contributed by atoms with van der Waals surface area (Å²) in [6, 6.07) is 6.07. The van der Waals surface area contributed by atoms with Crippen molar-refractivity contribution >= 4 is 0 Å². The van der Waals surface area contributed by atoms with Crippen LogP contribution in [0.15, 0.2) is 24.3 Å². The molecule has 1 nitrogen and oxygen atoms in total. The fraction of sp³-hybridized carbons (Fsp3) is 0.250. The summed E-state index contributed by atoms with van der Waals surface area (Å²) in [6.45, 7) is 2.81. The molecule has 0 bridgehead atoms. The van der Waals surface area contributed by atoms with Gasteiger partial charge in [0, 0.05) is 0 Å². The van der Waals surface area contributed by atoms with Crippen LogP contribution in [-0.4, -0.2) is 5.11 Å². The van der Waals surface area contributed by atoms with Crippen LogP contribution in [0.5, 0.6) is 0 Å². The highest BCUT2D eigenvalue weighted by Gasteiger charge is 2.37. The number of hydrogen-bond donors (Lipinski definition) is 1. The second kappa shape index (κ2) is 5.68. The summed E-state index contributed by atoms with van der Waals surface area (Å²) in [5, 5.41) is 10.4. The lowest BCUT2D eigenvalue weighted by Gasteiger charge is -2.26. The van der Waals surface area contributed by atoms with E-state index in [4.69, 9.17) is 0 Å². The summed E-state index contributed by atoms with van der Waals surface area (Å²) >= 11 is 0. The molecule has 1 atom stereocenters. The molecule has 0 fully saturated rings. The van der Waals surface area contributed by atoms with Crippen LogP contribution in [0.3, 0.4) is 0 Å². The van der Waals surface area contributed by atoms with Gasteiger partial charge < -0.3 is 5.11 Å². The zero-order valence-electron chi connectivity index (χ0n) is 11.9. The maximum absolute atomic E-state index is 13.9. The smallest absolute Gasteiger partial charge is 0.200 e. The number of hydrogen-bond acceptors (Lipinski definition) is 1. The molecule has 0 amide bonds. The maximum Gasteiger partial charge on any atom is 0.200 e. The predicted octanol–water partition coefficient (Wildman–Crippen LogP) is 4.20. The maximum atomic E-state index is 13.9. The van der Waals surface area contributed by atoms with E-state index in [9.17, 15) is 27.1 Å². The average molecular weight is 316 g/mol. The summed E-state index contributed by atoms with van der Waals surface area (Å²) in [6.07, 6.45) is 0.584. The average Bonchev–Trinajstić information content (AvgIpc) is 2.51. The SMILES string of the molecule is CCc1cccc(C(C)(O)c2c(F)c(F)c(F)c(F)c2F)c1. The van der Waals surface area contributed by atoms with E-state index in [1.54, 1.807) is 6.07 Å². The zero-order valence-corrected chi connectivity index (χ0v) is 11.9. The molecule has 0 saturated carbocycles. The molecule has 2 aromatic carbocycles. The molecule has 0 heterocycles. The molecule has 2 rings (SSSR count). The zero-order chi connectivity index (χ0) is 16.7. The Morgan fingerprint density at radius 2 is 1.41 bits per heavy atom. The molecule has 118 valence electrons. The van der Waals surface area contributed by atoms with Crippen molar-refractivity contribution in [2.45, 2.75) is 25.9 Å². The van der Waals surface area contributed by atoms with E-state index in [-0.39, 0.29) is 5.56 Å². The summed E-state index contributed by atoms with van der Waals surface area (Å²) in [5.41, 5.74) is -2.84. The van der Waals surface area contributed by atoms with E-state index in [0.29, 0.717) is 6.42 Å². The number of aliphatic hydroxyl groups is 1. The van der Waals surface area contributed by atoms with Crippen molar-refractivity contribution in [3.8, 4) is 0 Å². The van der Waals surface area contributed by atoms with E-state index in [1.165, 1.54) is 18.2 Å². The van der Waals surface area contributed by atoms with Gasteiger partial charge in [-0.2, -0.15) is 0 Å². The highest BCUT2D eigenvalue weighted by molar-refractivity contribution is 5.39. The normalized spacial score (nSPS) is 14.0. The minimum Gasteiger partial charge on any atom is -0.380 e. The lowest BCUT2D eigenvalue weighted by molar-refractivity contribution is 0.0903. The van der Waals surface area contributed by atoms with Gasteiger partial charge in [-0.3, -0.25) is 0 Å². The molecular formula is C16H13F5O. The molecule has 0 saturated heterocycles. The molecule has 0 aliphatic heterocycles. The molecule has 0 spiro atoms. The fourth-order valence-corrected chi connectivity index (χ4v) is 2.27. The van der Waals surface area contributed by atoms with Gasteiger partial charge in [0.05, 0.1) is 5.56 Å². The minimum atomic E-state index is -2.37. The predicted molar refractivity (Wildman–Crippen MR) is 70.7 cm³/mol. The minimum absolute atomic E-state index is 0.0371. The van der Waals surface area contributed by atoms with Crippen LogP contribution < -0.4 is 0 Å². The number of aryl methyl sites for hydroxylation is 1. The van der Waals surface area contributed by atoms with Gasteiger partial charge in [-0.15, -0.1) is 0 Å². The molecule has 0 aromatic heterocycles. The van der Waals surface area contributed by atoms with Crippen molar-refractivity contribution in [3.05, 3.63) is 70.0 Å². The van der Waals surface area contributed by atoms with Crippen molar-refractivity contribution in [1.29, 1.82) is 0 Å². The third-order valence-electron chi connectivity index (χ3n) is 3.59. The molecule has 22 heavy (non-hydrogen) atoms. The summed E-state index contributed by atoms with van der Waals surface area (Å²) < 4.78 is 67.5. The van der Waals surface area contributed by atoms with Gasteiger partial charge in [-0.05, 0) is 24.5 Å². The third-order valence-corrected chi connectivity index (χ3v) is 3.59. The third kappa shape index (κ3) is 2.47. The van der Waals surface area contributed by atoms with Crippen LogP contribution in [0, 0.1) is 29.1 Å². The Bertz CT molecular complexity index is 696. The Morgan fingerprint density at radius 1 is 0.909 bits per heavy atom. The molecule has 6 heteroatoms. The van der Waals surface area contributed by atoms with E-state index in [1.807, 2.05) is 6.92 Å². The summed E-state index contributed by atoms with van der Waals surface area (Å²) in [5.74, 6) is -10.5. The van der Waals surface area contributed by atoms with Gasteiger partial charge in [0.2, 0.25) is 5.82 Å². The second-order valence-electron chi connectivity index (χ2n) is 5.07. The van der Waals surface area contributed by atoms with E-state index in [2.05, 4.69) is 0 Å². The van der Waals surface area contributed by atoms with E-state index >= 15 is 0 Å². The van der Waals surface area contributed by atoms with Crippen LogP contribution >= 0.6 is 0 Å². The Labute approximate surface area is 124 Å². The van der Waals surface area contributed by atoms with Crippen LogP contribution in [0.1, 0.15) is 30.5 Å². The van der Waals surface area contributed by atoms with Gasteiger partial charge >= 0.3 is 0 Å². The van der Waals surface area contributed by atoms with Crippen molar-refractivity contribution in [2.75, 3.05) is 0 Å². The first-order chi connectivity index (χ1) is 10.2. The Morgan fingerprint density at radius 3 is 1.91 bits per heavy atom. The topological polar surface area (TPSA) is 20.2 Å². The molecule has 0 aliphatic rings. The number of rotatable bonds is 3. The van der Waals surface area contributed by atoms with Crippen LogP contribution in [0.2, 0.25) is 0 Å². The Kier molecular flexibility index (Phi) is 4.24. The Hall–Kier alpha value is -1.95. The van der Waals surface area contributed by atoms with E-state index in [0.717, 1.165) is 12.5 Å². The van der Waals surface area contributed by atoms with Gasteiger partial charge in [-0.25, -0.2) is 22.0 Å². The number of benzene rings is 2. The second-order valence-corrected chi connectivity index (χ2v) is 5.07. The summed E-state index contributed by atoms with van der Waals surface area (Å²) in [4.78, 5) is 0. The van der Waals surface area contributed by atoms with Crippen LogP contribution in [-0.2, 0) is 12.0 Å². The first-order valence-electron chi connectivity index (χ1n) is 6.55. The Balaban J connectivity index is 2.73. The number of halogens is 5. The molecule has 0 radical (unpaired) electrons. The summed E-state index contributed by atoms with van der Waals surface area (Å²) in [7, 11) is 0. The van der Waals surface area contributed by atoms with Crippen molar-refractivity contribution in [1.82, 2.24) is 0 Å². The van der Waals surface area contributed by atoms with Gasteiger partial charge in [0.25, 0.3) is 0 Å². The highest BCUT2D eigenvalue weighted by atomic mass is 19.2. The molecule has 1 N–H and O–H groups in total.